The molecule has 0 bridgehead atoms. The lowest BCUT2D eigenvalue weighted by Gasteiger charge is -2.07. The molecule has 1 aromatic heterocycles. The van der Waals surface area contributed by atoms with Gasteiger partial charge in [-0.3, -0.25) is 4.98 Å². The molecule has 0 spiro atoms. The lowest BCUT2D eigenvalue weighted by Crippen LogP contribution is -2.03. The molecule has 0 aliphatic carbocycles. The van der Waals surface area contributed by atoms with Crippen LogP contribution in [-0.4, -0.2) is 13.4 Å². The van der Waals surface area contributed by atoms with E-state index in [4.69, 9.17) is 0 Å². The lowest BCUT2D eigenvalue weighted by atomic mass is 10.2. The van der Waals surface area contributed by atoms with Crippen LogP contribution < -0.4 is 0 Å². The molecule has 106 valence electrons. The number of para-hydroxylation sites is 1. The molecule has 6 heteroatoms. The van der Waals surface area contributed by atoms with Crippen molar-refractivity contribution in [3.8, 4) is 0 Å². The highest BCUT2D eigenvalue weighted by atomic mass is 127. The molecule has 0 aliphatic rings. The predicted molar refractivity (Wildman–Crippen MR) is 94.1 cm³/mol. The molecule has 0 unspecified atom stereocenters. The fraction of sp³-hybridized carbons (Fsp3) is 0. The summed E-state index contributed by atoms with van der Waals surface area (Å²) in [5.41, 5.74) is 0.811. The van der Waals surface area contributed by atoms with Crippen LogP contribution >= 0.6 is 38.5 Å². The fourth-order valence-corrected chi connectivity index (χ4v) is 4.52. The van der Waals surface area contributed by atoms with Gasteiger partial charge in [0.15, 0.2) is 0 Å². The summed E-state index contributed by atoms with van der Waals surface area (Å²) in [7, 11) is -3.56. The van der Waals surface area contributed by atoms with E-state index in [1.54, 1.807) is 30.3 Å². The number of hydrogen-bond acceptors (Lipinski definition) is 3. The van der Waals surface area contributed by atoms with Crippen molar-refractivity contribution < 1.29 is 8.42 Å². The Labute approximate surface area is 144 Å². The Balaban J connectivity index is 2.20. The van der Waals surface area contributed by atoms with Gasteiger partial charge in [-0.15, -0.1) is 0 Å². The summed E-state index contributed by atoms with van der Waals surface area (Å²) in [6.45, 7) is 0. The Morgan fingerprint density at radius 3 is 2.52 bits per heavy atom. The third kappa shape index (κ3) is 2.84. The number of benzene rings is 2. The highest BCUT2D eigenvalue weighted by molar-refractivity contribution is 14.1. The molecule has 0 saturated heterocycles. The van der Waals surface area contributed by atoms with Crippen LogP contribution in [0.2, 0.25) is 0 Å². The minimum absolute atomic E-state index is 0.204. The van der Waals surface area contributed by atoms with Gasteiger partial charge < -0.3 is 0 Å². The molecule has 0 N–H and O–H groups in total. The summed E-state index contributed by atoms with van der Waals surface area (Å²) < 4.78 is 27.0. The maximum Gasteiger partial charge on any atom is 0.208 e. The van der Waals surface area contributed by atoms with Gasteiger partial charge in [0.1, 0.15) is 0 Å². The molecule has 3 nitrogen and oxygen atoms in total. The maximum absolute atomic E-state index is 12.7. The Hall–Kier alpha value is -0.990. The molecule has 3 rings (SSSR count). The van der Waals surface area contributed by atoms with Crippen molar-refractivity contribution in [1.29, 1.82) is 0 Å². The van der Waals surface area contributed by atoms with Crippen LogP contribution in [0, 0.1) is 3.57 Å². The zero-order valence-electron chi connectivity index (χ0n) is 10.6. The van der Waals surface area contributed by atoms with Crippen molar-refractivity contribution in [2.75, 3.05) is 0 Å². The summed E-state index contributed by atoms with van der Waals surface area (Å²) in [6.07, 6.45) is 1.42. The molecule has 21 heavy (non-hydrogen) atoms. The van der Waals surface area contributed by atoms with Crippen LogP contribution in [-0.2, 0) is 9.84 Å². The number of aromatic nitrogens is 1. The quantitative estimate of drug-likeness (QED) is 0.517. The van der Waals surface area contributed by atoms with Gasteiger partial charge in [0.25, 0.3) is 0 Å². The van der Waals surface area contributed by atoms with E-state index in [9.17, 15) is 8.42 Å². The molecule has 2 aromatic carbocycles. The maximum atomic E-state index is 12.7. The largest absolute Gasteiger partial charge is 0.254 e. The fourth-order valence-electron chi connectivity index (χ4n) is 2.02. The van der Waals surface area contributed by atoms with Crippen LogP contribution in [0.25, 0.3) is 10.9 Å². The monoisotopic (exact) mass is 473 g/mol. The van der Waals surface area contributed by atoms with E-state index < -0.39 is 9.84 Å². The van der Waals surface area contributed by atoms with Gasteiger partial charge >= 0.3 is 0 Å². The van der Waals surface area contributed by atoms with E-state index in [1.165, 1.54) is 6.20 Å². The van der Waals surface area contributed by atoms with Gasteiger partial charge in [-0.1, -0.05) is 34.1 Å². The first-order chi connectivity index (χ1) is 9.98. The molecule has 0 atom stereocenters. The van der Waals surface area contributed by atoms with Crippen LogP contribution in [0.1, 0.15) is 0 Å². The van der Waals surface area contributed by atoms with Crippen molar-refractivity contribution in [2.45, 2.75) is 9.79 Å². The zero-order chi connectivity index (χ0) is 15.0. The first kappa shape index (κ1) is 14.9. The van der Waals surface area contributed by atoms with E-state index in [0.29, 0.717) is 0 Å². The molecule has 1 heterocycles. The van der Waals surface area contributed by atoms with E-state index >= 15 is 0 Å². The highest BCUT2D eigenvalue weighted by Crippen LogP contribution is 2.26. The minimum atomic E-state index is -3.56. The molecule has 0 radical (unpaired) electrons. The topological polar surface area (TPSA) is 47.0 Å². The average molecular weight is 474 g/mol. The van der Waals surface area contributed by atoms with Crippen LogP contribution in [0.4, 0.5) is 0 Å². The minimum Gasteiger partial charge on any atom is -0.254 e. The van der Waals surface area contributed by atoms with Gasteiger partial charge in [-0.25, -0.2) is 8.42 Å². The van der Waals surface area contributed by atoms with Gasteiger partial charge in [0.2, 0.25) is 9.84 Å². The SMILES string of the molecule is O=S(=O)(c1cccc(Br)c1)c1cnc2c(I)cccc2c1. The van der Waals surface area contributed by atoms with Crippen LogP contribution in [0.15, 0.2) is 69.0 Å². The Kier molecular flexibility index (Phi) is 4.02. The second-order valence-corrected chi connectivity index (χ2v) is 8.47. The normalized spacial score (nSPS) is 11.7. The Morgan fingerprint density at radius 1 is 1.00 bits per heavy atom. The third-order valence-corrected chi connectivity index (χ3v) is 6.14. The summed E-state index contributed by atoms with van der Waals surface area (Å²) in [6, 6.07) is 14.0. The van der Waals surface area contributed by atoms with Crippen LogP contribution in [0.5, 0.6) is 0 Å². The van der Waals surface area contributed by atoms with Gasteiger partial charge in [-0.2, -0.15) is 0 Å². The van der Waals surface area contributed by atoms with Crippen molar-refractivity contribution in [2.24, 2.45) is 0 Å². The smallest absolute Gasteiger partial charge is 0.208 e. The second-order valence-electron chi connectivity index (χ2n) is 4.44. The summed E-state index contributed by atoms with van der Waals surface area (Å²) >= 11 is 5.48. The second kappa shape index (κ2) is 5.66. The van der Waals surface area contributed by atoms with E-state index in [-0.39, 0.29) is 9.79 Å². The van der Waals surface area contributed by atoms with Crippen LogP contribution in [0.3, 0.4) is 0 Å². The Morgan fingerprint density at radius 2 is 1.76 bits per heavy atom. The molecule has 0 aliphatic heterocycles. The Bertz CT molecular complexity index is 941. The van der Waals surface area contributed by atoms with Crippen molar-refractivity contribution >= 4 is 59.3 Å². The summed E-state index contributed by atoms with van der Waals surface area (Å²) in [5.74, 6) is 0. The molecule has 0 fully saturated rings. The number of nitrogens with zero attached hydrogens (tertiary/aromatic N) is 1. The first-order valence-corrected chi connectivity index (χ1v) is 9.39. The van der Waals surface area contributed by atoms with Crippen molar-refractivity contribution in [3.05, 3.63) is 62.8 Å². The van der Waals surface area contributed by atoms with E-state index in [2.05, 4.69) is 43.5 Å². The van der Waals surface area contributed by atoms with Crippen molar-refractivity contribution in [1.82, 2.24) is 4.98 Å². The van der Waals surface area contributed by atoms with Gasteiger partial charge in [-0.05, 0) is 52.9 Å². The number of fused-ring (bicyclic) bond motifs is 1. The van der Waals surface area contributed by atoms with E-state index in [1.807, 2.05) is 18.2 Å². The predicted octanol–water partition coefficient (Wildman–Crippen LogP) is 4.43. The number of hydrogen-bond donors (Lipinski definition) is 0. The standard InChI is InChI=1S/C15H9BrINO2S/c16-11-4-2-5-12(8-11)21(19,20)13-7-10-3-1-6-14(17)15(10)18-9-13/h1-9H. The lowest BCUT2D eigenvalue weighted by molar-refractivity contribution is 0.596. The number of halogens is 2. The molecule has 3 aromatic rings. The molecular formula is C15H9BrINO2S. The summed E-state index contributed by atoms with van der Waals surface area (Å²) in [4.78, 5) is 4.75. The number of rotatable bonds is 2. The van der Waals surface area contributed by atoms with Crippen molar-refractivity contribution in [3.63, 3.8) is 0 Å². The number of sulfone groups is 1. The zero-order valence-corrected chi connectivity index (χ0v) is 15.2. The molecule has 0 amide bonds. The number of pyridine rings is 1. The molecular weight excluding hydrogens is 465 g/mol. The van der Waals surface area contributed by atoms with Gasteiger partial charge in [0.05, 0.1) is 15.3 Å². The van der Waals surface area contributed by atoms with Gasteiger partial charge in [0, 0.05) is 19.6 Å². The molecule has 0 saturated carbocycles. The summed E-state index contributed by atoms with van der Waals surface area (Å²) in [5, 5.41) is 0.818. The highest BCUT2D eigenvalue weighted by Gasteiger charge is 2.19. The third-order valence-electron chi connectivity index (χ3n) is 3.05. The average Bonchev–Trinajstić information content (AvgIpc) is 2.47. The van der Waals surface area contributed by atoms with E-state index in [0.717, 1.165) is 18.9 Å². The first-order valence-electron chi connectivity index (χ1n) is 6.03.